The summed E-state index contributed by atoms with van der Waals surface area (Å²) in [5, 5.41) is 3.08. The number of unbranched alkanes of at least 4 members (excludes halogenated alkanes) is 1. The highest BCUT2D eigenvalue weighted by Gasteiger charge is 2.46. The first-order valence-electron chi connectivity index (χ1n) is 14.5. The second-order valence-corrected chi connectivity index (χ2v) is 12.1. The number of benzene rings is 2. The molecule has 1 saturated carbocycles. The summed E-state index contributed by atoms with van der Waals surface area (Å²) >= 11 is 0. The molecule has 1 amide bonds. The van der Waals surface area contributed by atoms with E-state index in [9.17, 15) is 4.79 Å². The average molecular weight is 514 g/mol. The van der Waals surface area contributed by atoms with Crippen LogP contribution in [0.1, 0.15) is 96.0 Å². The van der Waals surface area contributed by atoms with Crippen molar-refractivity contribution in [3.63, 3.8) is 0 Å². The number of nitrogens with one attached hydrogen (secondary N) is 1. The molecule has 5 heteroatoms. The molecule has 0 atom stereocenters. The molecule has 0 unspecified atom stereocenters. The van der Waals surface area contributed by atoms with Crippen LogP contribution in [0.15, 0.2) is 60.9 Å². The Balaban J connectivity index is 1.25. The van der Waals surface area contributed by atoms with Gasteiger partial charge < -0.3 is 14.6 Å². The van der Waals surface area contributed by atoms with Crippen LogP contribution in [0.5, 0.6) is 0 Å². The van der Waals surface area contributed by atoms with E-state index in [0.717, 1.165) is 38.1 Å². The number of rotatable bonds is 8. The molecule has 5 rings (SSSR count). The van der Waals surface area contributed by atoms with Gasteiger partial charge in [-0.05, 0) is 88.0 Å². The van der Waals surface area contributed by atoms with Crippen molar-refractivity contribution >= 4 is 6.09 Å². The van der Waals surface area contributed by atoms with Gasteiger partial charge >= 0.3 is 6.09 Å². The van der Waals surface area contributed by atoms with Crippen LogP contribution in [-0.4, -0.2) is 27.3 Å². The molecule has 202 valence electrons. The van der Waals surface area contributed by atoms with Crippen LogP contribution in [0.2, 0.25) is 0 Å². The van der Waals surface area contributed by atoms with Gasteiger partial charge in [0.1, 0.15) is 11.4 Å². The average Bonchev–Trinajstić information content (AvgIpc) is 3.48. The highest BCUT2D eigenvalue weighted by Crippen LogP contribution is 2.54. The highest BCUT2D eigenvalue weighted by atomic mass is 16.6. The zero-order valence-electron chi connectivity index (χ0n) is 23.5. The second kappa shape index (κ2) is 11.0. The van der Waals surface area contributed by atoms with Gasteiger partial charge in [0, 0.05) is 25.0 Å². The molecule has 0 aliphatic heterocycles. The van der Waals surface area contributed by atoms with Crippen molar-refractivity contribution in [1.29, 1.82) is 0 Å². The minimum Gasteiger partial charge on any atom is -0.444 e. The predicted octanol–water partition coefficient (Wildman–Crippen LogP) is 7.86. The van der Waals surface area contributed by atoms with Gasteiger partial charge in [-0.15, -0.1) is 0 Å². The number of carbonyl (C=O) groups excluding carboxylic acids is 1. The van der Waals surface area contributed by atoms with Gasteiger partial charge in [-0.2, -0.15) is 0 Å². The smallest absolute Gasteiger partial charge is 0.407 e. The molecular weight excluding hydrogens is 470 g/mol. The molecule has 1 heterocycles. The number of hydrogen-bond acceptors (Lipinski definition) is 3. The molecule has 0 spiro atoms. The Morgan fingerprint density at radius 1 is 1.00 bits per heavy atom. The number of amides is 1. The molecule has 1 fully saturated rings. The maximum absolute atomic E-state index is 12.2. The van der Waals surface area contributed by atoms with E-state index in [0.29, 0.717) is 0 Å². The summed E-state index contributed by atoms with van der Waals surface area (Å²) in [6.45, 7) is 8.85. The largest absolute Gasteiger partial charge is 0.444 e. The van der Waals surface area contributed by atoms with Crippen LogP contribution in [0.25, 0.3) is 11.1 Å². The third-order valence-electron chi connectivity index (χ3n) is 8.48. The molecule has 5 nitrogen and oxygen atoms in total. The monoisotopic (exact) mass is 513 g/mol. The van der Waals surface area contributed by atoms with Crippen molar-refractivity contribution in [2.45, 2.75) is 103 Å². The third kappa shape index (κ3) is 5.25. The van der Waals surface area contributed by atoms with Crippen LogP contribution in [-0.2, 0) is 16.7 Å². The molecular formula is C33H43N3O2. The van der Waals surface area contributed by atoms with Gasteiger partial charge in [0.05, 0.1) is 5.41 Å². The fourth-order valence-corrected chi connectivity index (χ4v) is 6.78. The molecule has 2 aromatic carbocycles. The summed E-state index contributed by atoms with van der Waals surface area (Å²) in [5.41, 5.74) is 4.84. The Kier molecular flexibility index (Phi) is 7.65. The van der Waals surface area contributed by atoms with Crippen LogP contribution >= 0.6 is 0 Å². The lowest BCUT2D eigenvalue weighted by molar-refractivity contribution is 0.0486. The summed E-state index contributed by atoms with van der Waals surface area (Å²) in [7, 11) is 0. The van der Waals surface area contributed by atoms with Crippen molar-refractivity contribution in [2.75, 3.05) is 0 Å². The third-order valence-corrected chi connectivity index (χ3v) is 8.48. The molecule has 0 bridgehead atoms. The number of hydrogen-bond donors (Lipinski definition) is 1. The van der Waals surface area contributed by atoms with Crippen molar-refractivity contribution in [3.8, 4) is 11.1 Å². The second-order valence-electron chi connectivity index (χ2n) is 12.1. The van der Waals surface area contributed by atoms with E-state index in [1.54, 1.807) is 0 Å². The Hall–Kier alpha value is -3.08. The number of fused-ring (bicyclic) bond motifs is 3. The van der Waals surface area contributed by atoms with E-state index < -0.39 is 5.60 Å². The lowest BCUT2D eigenvalue weighted by atomic mass is 9.72. The highest BCUT2D eigenvalue weighted by molar-refractivity contribution is 5.82. The lowest BCUT2D eigenvalue weighted by Crippen LogP contribution is -2.40. The van der Waals surface area contributed by atoms with Gasteiger partial charge in [0.25, 0.3) is 0 Å². The quantitative estimate of drug-likeness (QED) is 0.312. The van der Waals surface area contributed by atoms with E-state index >= 15 is 0 Å². The molecule has 0 radical (unpaired) electrons. The number of nitrogens with zero attached hydrogens (tertiary/aromatic N) is 2. The number of ether oxygens (including phenoxy) is 1. The predicted molar refractivity (Wildman–Crippen MR) is 153 cm³/mol. The molecule has 1 aromatic heterocycles. The van der Waals surface area contributed by atoms with Crippen LogP contribution in [0.3, 0.4) is 0 Å². The topological polar surface area (TPSA) is 56.2 Å². The zero-order valence-corrected chi connectivity index (χ0v) is 23.5. The Bertz CT molecular complexity index is 1200. The van der Waals surface area contributed by atoms with Crippen molar-refractivity contribution in [2.24, 2.45) is 5.92 Å². The fourth-order valence-electron chi connectivity index (χ4n) is 6.78. The van der Waals surface area contributed by atoms with Crippen molar-refractivity contribution < 1.29 is 9.53 Å². The van der Waals surface area contributed by atoms with E-state index in [1.165, 1.54) is 53.8 Å². The number of carbonyl (C=O) groups is 1. The first-order chi connectivity index (χ1) is 18.3. The van der Waals surface area contributed by atoms with Crippen LogP contribution in [0.4, 0.5) is 4.79 Å². The fraction of sp³-hybridized carbons (Fsp3) is 0.515. The number of aromatic nitrogens is 2. The van der Waals surface area contributed by atoms with E-state index in [2.05, 4.69) is 71.5 Å². The molecule has 3 aromatic rings. The van der Waals surface area contributed by atoms with E-state index in [1.807, 2.05) is 27.0 Å². The van der Waals surface area contributed by atoms with Gasteiger partial charge in [-0.3, -0.25) is 0 Å². The summed E-state index contributed by atoms with van der Waals surface area (Å²) in [6.07, 6.45) is 12.9. The normalized spacial score (nSPS) is 20.0. The summed E-state index contributed by atoms with van der Waals surface area (Å²) in [5.74, 6) is 1.91. The maximum Gasteiger partial charge on any atom is 0.407 e. The standard InChI is InChI=1S/C33H43N3O2/c1-5-36-23-22-34-30(36)33(28-15-8-6-13-26(28)27-14-7-9-16-29(27)33)21-11-10-12-24-17-19-25(20-18-24)35-31(37)38-32(2,3)4/h6-9,13-16,22-25H,5,10-12,17-21H2,1-4H3,(H,35,37). The Labute approximate surface area is 228 Å². The first-order valence-corrected chi connectivity index (χ1v) is 14.5. The Morgan fingerprint density at radius 2 is 1.63 bits per heavy atom. The summed E-state index contributed by atoms with van der Waals surface area (Å²) in [6, 6.07) is 18.1. The minimum atomic E-state index is -0.451. The lowest BCUT2D eigenvalue weighted by Gasteiger charge is -2.33. The van der Waals surface area contributed by atoms with Gasteiger partial charge in [0.2, 0.25) is 0 Å². The van der Waals surface area contributed by atoms with Crippen molar-refractivity contribution in [1.82, 2.24) is 14.9 Å². The van der Waals surface area contributed by atoms with Crippen LogP contribution < -0.4 is 5.32 Å². The van der Waals surface area contributed by atoms with Gasteiger partial charge in [-0.1, -0.05) is 67.8 Å². The molecule has 1 N–H and O–H groups in total. The minimum absolute atomic E-state index is 0.207. The van der Waals surface area contributed by atoms with Crippen molar-refractivity contribution in [3.05, 3.63) is 77.9 Å². The molecule has 0 saturated heterocycles. The molecule has 2 aliphatic rings. The SMILES string of the molecule is CCn1ccnc1C1(CCCCC2CCC(NC(=O)OC(C)(C)C)CC2)c2ccccc2-c2ccccc21. The number of alkyl carbamates (subject to hydrolysis) is 1. The van der Waals surface area contributed by atoms with E-state index in [4.69, 9.17) is 9.72 Å². The zero-order chi connectivity index (χ0) is 26.8. The summed E-state index contributed by atoms with van der Waals surface area (Å²) in [4.78, 5) is 17.1. The van der Waals surface area contributed by atoms with E-state index in [-0.39, 0.29) is 17.6 Å². The van der Waals surface area contributed by atoms with Gasteiger partial charge in [-0.25, -0.2) is 9.78 Å². The van der Waals surface area contributed by atoms with Crippen LogP contribution in [0, 0.1) is 5.92 Å². The summed E-state index contributed by atoms with van der Waals surface area (Å²) < 4.78 is 7.78. The maximum atomic E-state index is 12.2. The number of aryl methyl sites for hydroxylation is 1. The number of imidazole rings is 1. The first kappa shape index (κ1) is 26.5. The molecule has 2 aliphatic carbocycles. The molecule has 38 heavy (non-hydrogen) atoms. The Morgan fingerprint density at radius 3 is 2.24 bits per heavy atom. The van der Waals surface area contributed by atoms with Gasteiger partial charge in [0.15, 0.2) is 0 Å².